The summed E-state index contributed by atoms with van der Waals surface area (Å²) in [6.07, 6.45) is 2.79. The van der Waals surface area contributed by atoms with Gasteiger partial charge in [-0.2, -0.15) is 0 Å². The largest absolute Gasteiger partial charge is 0.508 e. The molecule has 1 aromatic carbocycles. The van der Waals surface area contributed by atoms with Crippen molar-refractivity contribution in [1.29, 1.82) is 0 Å². The lowest BCUT2D eigenvalue weighted by molar-refractivity contribution is 0.220. The van der Waals surface area contributed by atoms with E-state index in [0.29, 0.717) is 5.75 Å². The van der Waals surface area contributed by atoms with Gasteiger partial charge in [0.2, 0.25) is 0 Å². The highest BCUT2D eigenvalue weighted by molar-refractivity contribution is 5.35. The molecule has 1 heterocycles. The van der Waals surface area contributed by atoms with Crippen LogP contribution in [0, 0.1) is 6.92 Å². The second-order valence-corrected chi connectivity index (χ2v) is 6.08. The molecule has 0 unspecified atom stereocenters. The predicted octanol–water partition coefficient (Wildman–Crippen LogP) is 3.25. The van der Waals surface area contributed by atoms with E-state index in [1.807, 2.05) is 25.1 Å². The summed E-state index contributed by atoms with van der Waals surface area (Å²) in [5.74, 6) is 1.32. The summed E-state index contributed by atoms with van der Waals surface area (Å²) >= 11 is 0. The summed E-state index contributed by atoms with van der Waals surface area (Å²) < 4.78 is 5.47. The van der Waals surface area contributed by atoms with Crippen molar-refractivity contribution in [3.8, 4) is 5.75 Å². The van der Waals surface area contributed by atoms with Crippen LogP contribution in [0.1, 0.15) is 23.3 Å². The van der Waals surface area contributed by atoms with Crippen molar-refractivity contribution in [3.05, 3.63) is 53.5 Å². The number of hydrogen-bond acceptors (Lipinski definition) is 4. The lowest BCUT2D eigenvalue weighted by atomic mass is 10.1. The lowest BCUT2D eigenvalue weighted by Crippen LogP contribution is -2.26. The number of rotatable bonds is 8. The van der Waals surface area contributed by atoms with Crippen LogP contribution in [0.3, 0.4) is 0 Å². The van der Waals surface area contributed by atoms with E-state index in [4.69, 9.17) is 4.42 Å². The first-order valence-corrected chi connectivity index (χ1v) is 7.72. The van der Waals surface area contributed by atoms with Crippen molar-refractivity contribution in [3.63, 3.8) is 0 Å². The predicted molar refractivity (Wildman–Crippen MR) is 88.8 cm³/mol. The van der Waals surface area contributed by atoms with Gasteiger partial charge < -0.3 is 14.4 Å². The molecule has 0 saturated carbocycles. The molecule has 0 fully saturated rings. The van der Waals surface area contributed by atoms with Gasteiger partial charge in [-0.3, -0.25) is 4.90 Å². The van der Waals surface area contributed by atoms with E-state index >= 15 is 0 Å². The standard InChI is InChI=1S/C18H26N2O2/c1-15-7-8-18(21)16(12-15)13-20(10-5-9-19(2)3)14-17-6-4-11-22-17/h4,6-8,11-12,21H,5,9-10,13-14H2,1-3H3. The molecule has 0 radical (unpaired) electrons. The first kappa shape index (κ1) is 16.6. The van der Waals surface area contributed by atoms with E-state index in [1.165, 1.54) is 5.56 Å². The number of hydrogen-bond donors (Lipinski definition) is 1. The minimum atomic E-state index is 0.364. The Labute approximate surface area is 133 Å². The highest BCUT2D eigenvalue weighted by Gasteiger charge is 2.11. The van der Waals surface area contributed by atoms with Crippen molar-refractivity contribution in [2.75, 3.05) is 27.2 Å². The molecule has 0 atom stereocenters. The van der Waals surface area contributed by atoms with E-state index in [1.54, 1.807) is 12.3 Å². The monoisotopic (exact) mass is 302 g/mol. The van der Waals surface area contributed by atoms with Crippen LogP contribution in [0.5, 0.6) is 5.75 Å². The summed E-state index contributed by atoms with van der Waals surface area (Å²) in [4.78, 5) is 4.51. The third kappa shape index (κ3) is 5.20. The van der Waals surface area contributed by atoms with Crippen LogP contribution in [-0.4, -0.2) is 42.1 Å². The minimum Gasteiger partial charge on any atom is -0.508 e. The number of nitrogens with zero attached hydrogens (tertiary/aromatic N) is 2. The molecule has 2 rings (SSSR count). The second kappa shape index (κ2) is 8.01. The van der Waals surface area contributed by atoms with Gasteiger partial charge in [0.25, 0.3) is 0 Å². The summed E-state index contributed by atoms with van der Waals surface area (Å²) in [6, 6.07) is 9.67. The number of furan rings is 1. The Balaban J connectivity index is 2.04. The summed E-state index contributed by atoms with van der Waals surface area (Å²) in [5.41, 5.74) is 2.13. The fraction of sp³-hybridized carbons (Fsp3) is 0.444. The fourth-order valence-corrected chi connectivity index (χ4v) is 2.53. The van der Waals surface area contributed by atoms with Gasteiger partial charge in [-0.05, 0) is 52.2 Å². The van der Waals surface area contributed by atoms with E-state index in [2.05, 4.69) is 30.0 Å². The first-order chi connectivity index (χ1) is 10.5. The Bertz CT molecular complexity index is 564. The topological polar surface area (TPSA) is 39.9 Å². The number of phenolic OH excluding ortho intramolecular Hbond substituents is 1. The Morgan fingerprint density at radius 1 is 1.09 bits per heavy atom. The third-order valence-corrected chi connectivity index (χ3v) is 3.67. The molecule has 0 bridgehead atoms. The zero-order valence-corrected chi connectivity index (χ0v) is 13.7. The number of benzene rings is 1. The zero-order chi connectivity index (χ0) is 15.9. The summed E-state index contributed by atoms with van der Waals surface area (Å²) in [7, 11) is 4.17. The molecule has 0 aliphatic heterocycles. The van der Waals surface area contributed by atoms with Crippen LogP contribution in [0.4, 0.5) is 0 Å². The molecule has 4 heteroatoms. The molecule has 120 valence electrons. The molecule has 22 heavy (non-hydrogen) atoms. The quantitative estimate of drug-likeness (QED) is 0.812. The fourth-order valence-electron chi connectivity index (χ4n) is 2.53. The van der Waals surface area contributed by atoms with Gasteiger partial charge in [0.15, 0.2) is 0 Å². The average Bonchev–Trinajstić information content (AvgIpc) is 2.95. The van der Waals surface area contributed by atoms with E-state index in [-0.39, 0.29) is 0 Å². The van der Waals surface area contributed by atoms with Gasteiger partial charge in [-0.25, -0.2) is 0 Å². The van der Waals surface area contributed by atoms with Gasteiger partial charge >= 0.3 is 0 Å². The SMILES string of the molecule is Cc1ccc(O)c(CN(CCCN(C)C)Cc2ccco2)c1. The van der Waals surface area contributed by atoms with Crippen molar-refractivity contribution in [1.82, 2.24) is 9.80 Å². The number of aryl methyl sites for hydroxylation is 1. The number of phenols is 1. The minimum absolute atomic E-state index is 0.364. The lowest BCUT2D eigenvalue weighted by Gasteiger charge is -2.23. The van der Waals surface area contributed by atoms with Crippen LogP contribution < -0.4 is 0 Å². The van der Waals surface area contributed by atoms with E-state index in [0.717, 1.165) is 43.9 Å². The molecule has 0 saturated heterocycles. The third-order valence-electron chi connectivity index (χ3n) is 3.67. The smallest absolute Gasteiger partial charge is 0.120 e. The van der Waals surface area contributed by atoms with Crippen molar-refractivity contribution >= 4 is 0 Å². The Morgan fingerprint density at radius 3 is 2.59 bits per heavy atom. The molecule has 0 aliphatic rings. The molecular weight excluding hydrogens is 276 g/mol. The molecule has 1 N–H and O–H groups in total. The zero-order valence-electron chi connectivity index (χ0n) is 13.7. The average molecular weight is 302 g/mol. The number of aromatic hydroxyl groups is 1. The van der Waals surface area contributed by atoms with Gasteiger partial charge in [-0.1, -0.05) is 17.7 Å². The second-order valence-electron chi connectivity index (χ2n) is 6.08. The molecule has 0 amide bonds. The summed E-state index contributed by atoms with van der Waals surface area (Å²) in [5, 5.41) is 10.1. The maximum atomic E-state index is 10.1. The summed E-state index contributed by atoms with van der Waals surface area (Å²) in [6.45, 7) is 5.54. The first-order valence-electron chi connectivity index (χ1n) is 7.72. The Kier molecular flexibility index (Phi) is 6.04. The molecule has 4 nitrogen and oxygen atoms in total. The molecule has 2 aromatic rings. The van der Waals surface area contributed by atoms with Crippen LogP contribution in [0.15, 0.2) is 41.0 Å². The van der Waals surface area contributed by atoms with Crippen molar-refractivity contribution in [2.45, 2.75) is 26.4 Å². The van der Waals surface area contributed by atoms with Gasteiger partial charge in [0.05, 0.1) is 12.8 Å². The normalized spacial score (nSPS) is 11.5. The van der Waals surface area contributed by atoms with E-state index < -0.39 is 0 Å². The highest BCUT2D eigenvalue weighted by atomic mass is 16.3. The molecule has 0 aliphatic carbocycles. The maximum absolute atomic E-state index is 10.1. The van der Waals surface area contributed by atoms with Crippen LogP contribution in [0.2, 0.25) is 0 Å². The van der Waals surface area contributed by atoms with Crippen molar-refractivity contribution < 1.29 is 9.52 Å². The highest BCUT2D eigenvalue weighted by Crippen LogP contribution is 2.21. The maximum Gasteiger partial charge on any atom is 0.120 e. The molecule has 1 aromatic heterocycles. The molecular formula is C18H26N2O2. The molecule has 0 spiro atoms. The van der Waals surface area contributed by atoms with Crippen LogP contribution in [-0.2, 0) is 13.1 Å². The van der Waals surface area contributed by atoms with Crippen LogP contribution >= 0.6 is 0 Å². The van der Waals surface area contributed by atoms with Crippen LogP contribution in [0.25, 0.3) is 0 Å². The van der Waals surface area contributed by atoms with Gasteiger partial charge in [-0.15, -0.1) is 0 Å². The van der Waals surface area contributed by atoms with E-state index in [9.17, 15) is 5.11 Å². The Morgan fingerprint density at radius 2 is 1.91 bits per heavy atom. The van der Waals surface area contributed by atoms with Gasteiger partial charge in [0.1, 0.15) is 11.5 Å². The van der Waals surface area contributed by atoms with Crippen molar-refractivity contribution in [2.24, 2.45) is 0 Å². The van der Waals surface area contributed by atoms with Gasteiger partial charge in [0, 0.05) is 18.7 Å². The Hall–Kier alpha value is -1.78.